The van der Waals surface area contributed by atoms with Crippen molar-refractivity contribution in [3.63, 3.8) is 0 Å². The van der Waals surface area contributed by atoms with E-state index in [1.165, 1.54) is 24.1 Å². The summed E-state index contributed by atoms with van der Waals surface area (Å²) in [5.74, 6) is 2.27. The van der Waals surface area contributed by atoms with E-state index in [0.29, 0.717) is 11.8 Å². The Morgan fingerprint density at radius 2 is 2.00 bits per heavy atom. The highest BCUT2D eigenvalue weighted by atomic mass is 16.5. The lowest BCUT2D eigenvalue weighted by molar-refractivity contribution is 0.328. The first kappa shape index (κ1) is 10.4. The summed E-state index contributed by atoms with van der Waals surface area (Å²) in [5, 5.41) is 7.07. The molecule has 3 rings (SSSR count). The predicted molar refractivity (Wildman–Crippen MR) is 66.3 cm³/mol. The number of methoxy groups -OCH3 is 1. The Kier molecular flexibility index (Phi) is 2.59. The van der Waals surface area contributed by atoms with Crippen LogP contribution in [0.5, 0.6) is 5.75 Å². The fourth-order valence-corrected chi connectivity index (χ4v) is 2.62. The zero-order chi connectivity index (χ0) is 11.7. The Morgan fingerprint density at radius 3 is 2.71 bits per heavy atom. The molecule has 0 aliphatic heterocycles. The Bertz CT molecular complexity index is 487. The van der Waals surface area contributed by atoms with Crippen molar-refractivity contribution in [2.24, 2.45) is 0 Å². The van der Waals surface area contributed by atoms with Gasteiger partial charge in [0.05, 0.1) is 7.11 Å². The Labute approximate surface area is 101 Å². The van der Waals surface area contributed by atoms with Crippen LogP contribution in [-0.4, -0.2) is 17.3 Å². The van der Waals surface area contributed by atoms with Crippen LogP contribution in [0.3, 0.4) is 0 Å². The predicted octanol–water partition coefficient (Wildman–Crippen LogP) is 3.08. The normalized spacial score (nSPS) is 23.1. The standard InChI is InChI=1S/C14H16N2O/c1-17-14-5-3-2-4-12(14)10-8-11(9-10)13-6-7-15-16-13/h2-7,10-11H,8-9H2,1H3,(H,15,16). The third-order valence-corrected chi connectivity index (χ3v) is 3.68. The van der Waals surface area contributed by atoms with E-state index in [4.69, 9.17) is 4.74 Å². The highest BCUT2D eigenvalue weighted by Gasteiger charge is 2.33. The van der Waals surface area contributed by atoms with Gasteiger partial charge in [-0.05, 0) is 36.5 Å². The number of nitrogens with one attached hydrogen (secondary N) is 1. The number of H-pyrrole nitrogens is 1. The lowest BCUT2D eigenvalue weighted by atomic mass is 9.70. The van der Waals surface area contributed by atoms with Crippen LogP contribution in [0.1, 0.15) is 35.9 Å². The van der Waals surface area contributed by atoms with Crippen molar-refractivity contribution >= 4 is 0 Å². The Hall–Kier alpha value is -1.77. The maximum Gasteiger partial charge on any atom is 0.122 e. The number of ether oxygens (including phenoxy) is 1. The minimum atomic E-state index is 0.624. The molecule has 1 aromatic carbocycles. The summed E-state index contributed by atoms with van der Waals surface area (Å²) >= 11 is 0. The van der Waals surface area contributed by atoms with Crippen LogP contribution in [0, 0.1) is 0 Å². The maximum absolute atomic E-state index is 5.41. The molecule has 1 aliphatic rings. The molecule has 3 heteroatoms. The van der Waals surface area contributed by atoms with Crippen molar-refractivity contribution in [3.8, 4) is 5.75 Å². The minimum absolute atomic E-state index is 0.624. The molecule has 0 unspecified atom stereocenters. The molecule has 1 N–H and O–H groups in total. The lowest BCUT2D eigenvalue weighted by Gasteiger charge is -2.35. The van der Waals surface area contributed by atoms with Gasteiger partial charge < -0.3 is 4.74 Å². The summed E-state index contributed by atoms with van der Waals surface area (Å²) in [7, 11) is 1.74. The summed E-state index contributed by atoms with van der Waals surface area (Å²) in [4.78, 5) is 0. The van der Waals surface area contributed by atoms with Gasteiger partial charge in [-0.3, -0.25) is 5.10 Å². The monoisotopic (exact) mass is 228 g/mol. The molecule has 0 amide bonds. The molecule has 17 heavy (non-hydrogen) atoms. The first-order chi connectivity index (χ1) is 8.38. The van der Waals surface area contributed by atoms with Crippen molar-refractivity contribution in [2.75, 3.05) is 7.11 Å². The van der Waals surface area contributed by atoms with E-state index in [2.05, 4.69) is 28.4 Å². The zero-order valence-electron chi connectivity index (χ0n) is 9.89. The van der Waals surface area contributed by atoms with Crippen molar-refractivity contribution in [1.82, 2.24) is 10.2 Å². The van der Waals surface area contributed by atoms with Gasteiger partial charge >= 0.3 is 0 Å². The summed E-state index contributed by atoms with van der Waals surface area (Å²) in [6, 6.07) is 10.4. The fraction of sp³-hybridized carbons (Fsp3) is 0.357. The number of nitrogens with zero attached hydrogens (tertiary/aromatic N) is 1. The largest absolute Gasteiger partial charge is 0.496 e. The number of para-hydroxylation sites is 1. The third kappa shape index (κ3) is 1.82. The number of benzene rings is 1. The minimum Gasteiger partial charge on any atom is -0.496 e. The molecule has 0 spiro atoms. The SMILES string of the molecule is COc1ccccc1C1CC(c2ccn[nH]2)C1. The van der Waals surface area contributed by atoms with E-state index in [-0.39, 0.29) is 0 Å². The van der Waals surface area contributed by atoms with Crippen LogP contribution in [0.2, 0.25) is 0 Å². The Morgan fingerprint density at radius 1 is 1.18 bits per heavy atom. The van der Waals surface area contributed by atoms with Crippen molar-refractivity contribution in [1.29, 1.82) is 0 Å². The molecule has 1 aromatic heterocycles. The summed E-state index contributed by atoms with van der Waals surface area (Å²) in [6.45, 7) is 0. The summed E-state index contributed by atoms with van der Waals surface area (Å²) < 4.78 is 5.41. The first-order valence-corrected chi connectivity index (χ1v) is 6.00. The number of hydrogen-bond donors (Lipinski definition) is 1. The summed E-state index contributed by atoms with van der Waals surface area (Å²) in [5.41, 5.74) is 2.60. The topological polar surface area (TPSA) is 37.9 Å². The van der Waals surface area contributed by atoms with Crippen molar-refractivity contribution in [2.45, 2.75) is 24.7 Å². The van der Waals surface area contributed by atoms with Gasteiger partial charge in [0.2, 0.25) is 0 Å². The van der Waals surface area contributed by atoms with Gasteiger partial charge in [-0.25, -0.2) is 0 Å². The molecule has 1 aliphatic carbocycles. The van der Waals surface area contributed by atoms with Crippen molar-refractivity contribution in [3.05, 3.63) is 47.8 Å². The fourth-order valence-electron chi connectivity index (χ4n) is 2.62. The zero-order valence-corrected chi connectivity index (χ0v) is 9.89. The molecule has 0 radical (unpaired) electrons. The molecule has 1 fully saturated rings. The van der Waals surface area contributed by atoms with Gasteiger partial charge in [0, 0.05) is 17.8 Å². The van der Waals surface area contributed by atoms with Crippen LogP contribution in [0.4, 0.5) is 0 Å². The van der Waals surface area contributed by atoms with Gasteiger partial charge in [-0.15, -0.1) is 0 Å². The number of aromatic amines is 1. The lowest BCUT2D eigenvalue weighted by Crippen LogP contribution is -2.20. The molecule has 0 atom stereocenters. The molecular weight excluding hydrogens is 212 g/mol. The second-order valence-electron chi connectivity index (χ2n) is 4.62. The second kappa shape index (κ2) is 4.24. The van der Waals surface area contributed by atoms with E-state index < -0.39 is 0 Å². The quantitative estimate of drug-likeness (QED) is 0.876. The first-order valence-electron chi connectivity index (χ1n) is 6.00. The van der Waals surface area contributed by atoms with E-state index in [1.54, 1.807) is 7.11 Å². The van der Waals surface area contributed by atoms with Gasteiger partial charge in [-0.2, -0.15) is 5.10 Å². The van der Waals surface area contributed by atoms with E-state index in [9.17, 15) is 0 Å². The Balaban J connectivity index is 1.73. The van der Waals surface area contributed by atoms with Crippen LogP contribution < -0.4 is 4.74 Å². The molecule has 0 bridgehead atoms. The van der Waals surface area contributed by atoms with E-state index in [0.717, 1.165) is 5.75 Å². The van der Waals surface area contributed by atoms with Crippen LogP contribution >= 0.6 is 0 Å². The third-order valence-electron chi connectivity index (χ3n) is 3.68. The van der Waals surface area contributed by atoms with E-state index in [1.807, 2.05) is 18.3 Å². The maximum atomic E-state index is 5.41. The molecule has 2 aromatic rings. The summed E-state index contributed by atoms with van der Waals surface area (Å²) in [6.07, 6.45) is 4.19. The van der Waals surface area contributed by atoms with Gasteiger partial charge in [0.25, 0.3) is 0 Å². The number of rotatable bonds is 3. The second-order valence-corrected chi connectivity index (χ2v) is 4.62. The van der Waals surface area contributed by atoms with Crippen LogP contribution in [0.15, 0.2) is 36.5 Å². The highest BCUT2D eigenvalue weighted by molar-refractivity contribution is 5.38. The van der Waals surface area contributed by atoms with Crippen molar-refractivity contribution < 1.29 is 4.74 Å². The molecule has 3 nitrogen and oxygen atoms in total. The van der Waals surface area contributed by atoms with E-state index >= 15 is 0 Å². The van der Waals surface area contributed by atoms with Crippen LogP contribution in [-0.2, 0) is 0 Å². The highest BCUT2D eigenvalue weighted by Crippen LogP contribution is 2.48. The molecule has 0 saturated heterocycles. The average Bonchev–Trinajstić information content (AvgIpc) is 2.81. The molecule has 1 heterocycles. The molecular formula is C14H16N2O. The average molecular weight is 228 g/mol. The number of aromatic nitrogens is 2. The van der Waals surface area contributed by atoms with Gasteiger partial charge in [0.1, 0.15) is 5.75 Å². The van der Waals surface area contributed by atoms with Gasteiger partial charge in [0.15, 0.2) is 0 Å². The number of hydrogen-bond acceptors (Lipinski definition) is 2. The molecule has 1 saturated carbocycles. The van der Waals surface area contributed by atoms with Crippen LogP contribution in [0.25, 0.3) is 0 Å². The van der Waals surface area contributed by atoms with Gasteiger partial charge in [-0.1, -0.05) is 18.2 Å². The molecule has 88 valence electrons. The smallest absolute Gasteiger partial charge is 0.122 e.